The molecule has 3 fully saturated rings. The molecule has 1 spiro atoms. The fraction of sp³-hybridized carbons (Fsp3) is 0.487. The molecule has 0 saturated carbocycles. The molecule has 274 valence electrons. The molecular formula is C39H47BrClN3O7. The Morgan fingerprint density at radius 1 is 1.18 bits per heavy atom. The number of allylic oxidation sites excluding steroid dienone is 1. The molecular weight excluding hydrogens is 738 g/mol. The van der Waals surface area contributed by atoms with E-state index in [4.69, 9.17) is 21.1 Å². The number of ether oxygens (including phenoxy) is 2. The molecule has 3 heterocycles. The van der Waals surface area contributed by atoms with Crippen molar-refractivity contribution in [3.05, 3.63) is 90.0 Å². The van der Waals surface area contributed by atoms with Gasteiger partial charge in [-0.25, -0.2) is 0 Å². The van der Waals surface area contributed by atoms with Crippen molar-refractivity contribution in [2.75, 3.05) is 24.7 Å². The largest absolute Gasteiger partial charge is 0.463 e. The first-order chi connectivity index (χ1) is 24.4. The van der Waals surface area contributed by atoms with Crippen LogP contribution in [0.3, 0.4) is 0 Å². The summed E-state index contributed by atoms with van der Waals surface area (Å²) in [5.41, 5.74) is 0.587. The molecule has 2 N–H and O–H groups in total. The summed E-state index contributed by atoms with van der Waals surface area (Å²) in [5.74, 6) is -3.64. The van der Waals surface area contributed by atoms with Gasteiger partial charge in [0.15, 0.2) is 0 Å². The van der Waals surface area contributed by atoms with Crippen molar-refractivity contribution in [1.29, 1.82) is 0 Å². The molecule has 3 aliphatic heterocycles. The first kappa shape index (κ1) is 38.7. The van der Waals surface area contributed by atoms with Gasteiger partial charge < -0.3 is 29.7 Å². The summed E-state index contributed by atoms with van der Waals surface area (Å²) in [5, 5.41) is 14.1. The number of aliphatic hydroxyl groups excluding tert-OH is 1. The first-order valence-electron chi connectivity index (χ1n) is 17.4. The zero-order valence-electron chi connectivity index (χ0n) is 29.3. The maximum absolute atomic E-state index is 15.1. The number of alkyl halides is 1. The Morgan fingerprint density at radius 3 is 2.53 bits per heavy atom. The number of aliphatic hydroxyl groups is 1. The highest BCUT2D eigenvalue weighted by molar-refractivity contribution is 9.09. The standard InChI is InChI=1S/C39H47BrClN3O7/c1-6-8-17-30(46)50-22-29(25-14-10-9-11-15-25)42-36(47)31-32-37(48)44(26(21-45)19-23(3)4)35(39(32)20-27(40)34(31)51-39)38(49)43(18-7-2)33-24(5)13-12-16-28(33)41/h6-7,9-16,23,26-27,29,31-32,34-35,45H,1-2,8,17-22H2,3-5H3,(H,42,47)/t26-,27?,29+,31+,32-,34+,35+,39-/m1/s1. The van der Waals surface area contributed by atoms with Crippen LogP contribution in [0.4, 0.5) is 5.69 Å². The molecule has 10 nitrogen and oxygen atoms in total. The number of nitrogens with zero attached hydrogens (tertiary/aromatic N) is 2. The predicted octanol–water partition coefficient (Wildman–Crippen LogP) is 5.69. The normalized spacial score (nSPS) is 26.1. The van der Waals surface area contributed by atoms with Crippen molar-refractivity contribution in [2.24, 2.45) is 17.8 Å². The van der Waals surface area contributed by atoms with E-state index in [1.54, 1.807) is 24.3 Å². The van der Waals surface area contributed by atoms with Crippen LogP contribution in [-0.4, -0.2) is 82.1 Å². The SMILES string of the molecule is C=CCCC(=O)OC[C@H](NC(=O)[C@@H]1[C@H]2O[C@@]3(CC2Br)[C@H](C(=O)N(CC=C)c2c(C)cccc2Cl)N([C@@H](CO)CC(C)C)C(=O)[C@@H]13)c1ccccc1. The van der Waals surface area contributed by atoms with Crippen LogP contribution >= 0.6 is 27.5 Å². The molecule has 12 heteroatoms. The number of esters is 1. The van der Waals surface area contributed by atoms with Gasteiger partial charge in [-0.15, -0.1) is 13.2 Å². The van der Waals surface area contributed by atoms with E-state index in [0.29, 0.717) is 23.6 Å². The second kappa shape index (κ2) is 16.4. The number of aryl methyl sites for hydroxylation is 1. The molecule has 5 rings (SSSR count). The third-order valence-electron chi connectivity index (χ3n) is 10.1. The third kappa shape index (κ3) is 7.54. The summed E-state index contributed by atoms with van der Waals surface area (Å²) in [4.78, 5) is 59.5. The van der Waals surface area contributed by atoms with Gasteiger partial charge in [-0.2, -0.15) is 0 Å². The average molecular weight is 785 g/mol. The van der Waals surface area contributed by atoms with Gasteiger partial charge in [0.1, 0.15) is 18.2 Å². The molecule has 0 aromatic heterocycles. The molecule has 3 amide bonds. The van der Waals surface area contributed by atoms with Gasteiger partial charge in [0, 0.05) is 17.8 Å². The molecule has 3 saturated heterocycles. The van der Waals surface area contributed by atoms with Gasteiger partial charge in [0.2, 0.25) is 11.8 Å². The van der Waals surface area contributed by atoms with Crippen molar-refractivity contribution < 1.29 is 33.8 Å². The van der Waals surface area contributed by atoms with E-state index in [2.05, 4.69) is 34.4 Å². The number of amides is 3. The van der Waals surface area contributed by atoms with Gasteiger partial charge in [-0.1, -0.05) is 96.0 Å². The zero-order chi connectivity index (χ0) is 37.0. The van der Waals surface area contributed by atoms with E-state index in [0.717, 1.165) is 11.1 Å². The van der Waals surface area contributed by atoms with Gasteiger partial charge in [0.25, 0.3) is 5.91 Å². The lowest BCUT2D eigenvalue weighted by Gasteiger charge is -2.40. The molecule has 2 aromatic carbocycles. The monoisotopic (exact) mass is 783 g/mol. The van der Waals surface area contributed by atoms with Crippen LogP contribution in [0.5, 0.6) is 0 Å². The summed E-state index contributed by atoms with van der Waals surface area (Å²) in [6.07, 6.45) is 3.84. The van der Waals surface area contributed by atoms with Crippen LogP contribution in [-0.2, 0) is 28.7 Å². The third-order valence-corrected chi connectivity index (χ3v) is 11.3. The lowest BCUT2D eigenvalue weighted by atomic mass is 9.70. The minimum absolute atomic E-state index is 0.0832. The van der Waals surface area contributed by atoms with E-state index < -0.39 is 65.4 Å². The quantitative estimate of drug-likeness (QED) is 0.127. The Morgan fingerprint density at radius 2 is 1.90 bits per heavy atom. The number of benzene rings is 2. The van der Waals surface area contributed by atoms with Crippen LogP contribution in [0, 0.1) is 24.7 Å². The number of carbonyl (C=O) groups excluding carboxylic acids is 4. The molecule has 51 heavy (non-hydrogen) atoms. The lowest BCUT2D eigenvalue weighted by molar-refractivity contribution is -0.146. The molecule has 3 aliphatic rings. The summed E-state index contributed by atoms with van der Waals surface area (Å²) in [6, 6.07) is 11.9. The second-order valence-electron chi connectivity index (χ2n) is 14.0. The van der Waals surface area contributed by atoms with E-state index in [-0.39, 0.29) is 43.3 Å². The fourth-order valence-electron chi connectivity index (χ4n) is 8.04. The highest BCUT2D eigenvalue weighted by Crippen LogP contribution is 2.61. The molecule has 2 aromatic rings. The number of para-hydroxylation sites is 1. The number of hydrogen-bond donors (Lipinski definition) is 2. The Labute approximate surface area is 313 Å². The summed E-state index contributed by atoms with van der Waals surface area (Å²) in [7, 11) is 0. The van der Waals surface area contributed by atoms with Crippen LogP contribution in [0.25, 0.3) is 0 Å². The number of fused-ring (bicyclic) bond motifs is 1. The van der Waals surface area contributed by atoms with Gasteiger partial charge >= 0.3 is 5.97 Å². The van der Waals surface area contributed by atoms with Crippen molar-refractivity contribution in [2.45, 2.75) is 81.1 Å². The number of rotatable bonds is 16. The van der Waals surface area contributed by atoms with Crippen molar-refractivity contribution in [3.8, 4) is 0 Å². The lowest BCUT2D eigenvalue weighted by Crippen LogP contribution is -2.59. The fourth-order valence-corrected chi connectivity index (χ4v) is 9.30. The molecule has 1 unspecified atom stereocenters. The average Bonchev–Trinajstić information content (AvgIpc) is 3.70. The summed E-state index contributed by atoms with van der Waals surface area (Å²) < 4.78 is 12.3. The maximum Gasteiger partial charge on any atom is 0.306 e. The number of nitrogens with one attached hydrogen (secondary N) is 1. The Bertz CT molecular complexity index is 1620. The number of anilines is 1. The van der Waals surface area contributed by atoms with Crippen LogP contribution < -0.4 is 10.2 Å². The number of carbonyl (C=O) groups is 4. The van der Waals surface area contributed by atoms with E-state index in [1.165, 1.54) is 9.80 Å². The summed E-state index contributed by atoms with van der Waals surface area (Å²) >= 11 is 10.4. The highest BCUT2D eigenvalue weighted by atomic mass is 79.9. The Kier molecular flexibility index (Phi) is 12.5. The molecule has 0 radical (unpaired) electrons. The van der Waals surface area contributed by atoms with Crippen LogP contribution in [0.2, 0.25) is 5.02 Å². The van der Waals surface area contributed by atoms with Gasteiger partial charge in [-0.3, -0.25) is 19.2 Å². The van der Waals surface area contributed by atoms with Crippen molar-refractivity contribution in [1.82, 2.24) is 10.2 Å². The van der Waals surface area contributed by atoms with Crippen molar-refractivity contribution in [3.63, 3.8) is 0 Å². The van der Waals surface area contributed by atoms with Crippen LogP contribution in [0.1, 0.15) is 56.7 Å². The minimum atomic E-state index is -1.38. The zero-order valence-corrected chi connectivity index (χ0v) is 31.6. The molecule has 0 aliphatic carbocycles. The van der Waals surface area contributed by atoms with E-state index in [9.17, 15) is 19.5 Å². The van der Waals surface area contributed by atoms with Crippen LogP contribution in [0.15, 0.2) is 73.8 Å². The number of hydrogen-bond acceptors (Lipinski definition) is 7. The second-order valence-corrected chi connectivity index (χ2v) is 15.6. The maximum atomic E-state index is 15.1. The molecule has 8 atom stereocenters. The van der Waals surface area contributed by atoms with E-state index in [1.807, 2.05) is 57.2 Å². The smallest absolute Gasteiger partial charge is 0.306 e. The summed E-state index contributed by atoms with van der Waals surface area (Å²) in [6.45, 7) is 13.0. The van der Waals surface area contributed by atoms with E-state index >= 15 is 4.79 Å². The van der Waals surface area contributed by atoms with Crippen molar-refractivity contribution >= 4 is 56.9 Å². The van der Waals surface area contributed by atoms with Gasteiger partial charge in [-0.05, 0) is 49.3 Å². The Hall–Kier alpha value is -3.51. The predicted molar refractivity (Wildman–Crippen MR) is 199 cm³/mol. The topological polar surface area (TPSA) is 125 Å². The molecule has 2 bridgehead atoms. The highest BCUT2D eigenvalue weighted by Gasteiger charge is 2.77. The first-order valence-corrected chi connectivity index (χ1v) is 18.7. The van der Waals surface area contributed by atoms with Gasteiger partial charge in [0.05, 0.1) is 47.3 Å². The Balaban J connectivity index is 1.55. The minimum Gasteiger partial charge on any atom is -0.463 e. The number of halogens is 2. The number of likely N-dealkylation sites (tertiary alicyclic amines) is 1.